The maximum Gasteiger partial charge on any atom is 0.433 e. The van der Waals surface area contributed by atoms with Gasteiger partial charge in [0.25, 0.3) is 5.91 Å². The normalized spacial score (nSPS) is 10.2. The Morgan fingerprint density at radius 1 is 0.931 bits per heavy atom. The van der Waals surface area contributed by atoms with Crippen LogP contribution in [0, 0.1) is 10.1 Å². The maximum atomic E-state index is 12.1. The molecule has 9 nitrogen and oxygen atoms in total. The molecule has 3 aromatic rings. The Kier molecular flexibility index (Phi) is 5.79. The zero-order valence-electron chi connectivity index (χ0n) is 14.9. The molecule has 9 heteroatoms. The van der Waals surface area contributed by atoms with Gasteiger partial charge in [-0.15, -0.1) is 0 Å². The van der Waals surface area contributed by atoms with Gasteiger partial charge in [-0.3, -0.25) is 19.7 Å². The summed E-state index contributed by atoms with van der Waals surface area (Å²) in [6.45, 7) is -0.566. The van der Waals surface area contributed by atoms with Crippen molar-refractivity contribution in [3.05, 3.63) is 93.7 Å². The maximum absolute atomic E-state index is 12.1. The van der Waals surface area contributed by atoms with Gasteiger partial charge in [-0.05, 0) is 42.5 Å². The van der Waals surface area contributed by atoms with Gasteiger partial charge in [0.2, 0.25) is 5.76 Å². The van der Waals surface area contributed by atoms with Crippen LogP contribution in [0.4, 0.5) is 11.6 Å². The fraction of sp³-hybridized carbons (Fsp3) is 0.0500. The van der Waals surface area contributed by atoms with Crippen LogP contribution >= 0.6 is 0 Å². The van der Waals surface area contributed by atoms with E-state index in [0.717, 1.165) is 12.1 Å². The molecule has 0 radical (unpaired) electrons. The fourth-order valence-electron chi connectivity index (χ4n) is 2.35. The Labute approximate surface area is 164 Å². The third-order valence-corrected chi connectivity index (χ3v) is 3.81. The van der Waals surface area contributed by atoms with Crippen molar-refractivity contribution in [2.75, 3.05) is 11.9 Å². The number of ether oxygens (including phenoxy) is 1. The van der Waals surface area contributed by atoms with Crippen LogP contribution in [0.2, 0.25) is 0 Å². The molecule has 1 amide bonds. The van der Waals surface area contributed by atoms with E-state index in [1.165, 1.54) is 12.1 Å². The topological polar surface area (TPSA) is 129 Å². The van der Waals surface area contributed by atoms with Crippen LogP contribution in [0.5, 0.6) is 0 Å². The second kappa shape index (κ2) is 8.61. The van der Waals surface area contributed by atoms with E-state index >= 15 is 0 Å². The molecule has 1 aromatic heterocycles. The quantitative estimate of drug-likeness (QED) is 0.281. The van der Waals surface area contributed by atoms with Gasteiger partial charge in [0.05, 0.1) is 6.07 Å². The molecule has 146 valence electrons. The predicted molar refractivity (Wildman–Crippen MR) is 101 cm³/mol. The number of nitrogens with one attached hydrogen (secondary N) is 1. The second-order valence-corrected chi connectivity index (χ2v) is 5.79. The summed E-state index contributed by atoms with van der Waals surface area (Å²) < 4.78 is 9.52. The largest absolute Gasteiger partial charge is 0.451 e. The molecule has 0 aliphatic carbocycles. The number of nitrogens with zero attached hydrogens (tertiary/aromatic N) is 1. The summed E-state index contributed by atoms with van der Waals surface area (Å²) >= 11 is 0. The summed E-state index contributed by atoms with van der Waals surface area (Å²) in [5, 5.41) is 13.2. The molecule has 0 aliphatic heterocycles. The zero-order valence-corrected chi connectivity index (χ0v) is 14.9. The minimum atomic E-state index is -0.988. The highest BCUT2D eigenvalue weighted by Gasteiger charge is 2.19. The van der Waals surface area contributed by atoms with Crippen LogP contribution in [0.1, 0.15) is 31.3 Å². The monoisotopic (exact) mass is 394 g/mol. The first-order valence-corrected chi connectivity index (χ1v) is 8.35. The summed E-state index contributed by atoms with van der Waals surface area (Å²) in [6.07, 6.45) is 0. The Morgan fingerprint density at radius 2 is 1.62 bits per heavy atom. The Balaban J connectivity index is 1.55. The van der Waals surface area contributed by atoms with Crippen molar-refractivity contribution in [3.8, 4) is 0 Å². The van der Waals surface area contributed by atoms with Gasteiger partial charge in [0, 0.05) is 16.8 Å². The number of hydrogen-bond acceptors (Lipinski definition) is 7. The van der Waals surface area contributed by atoms with E-state index in [0.29, 0.717) is 11.3 Å². The first-order valence-electron chi connectivity index (χ1n) is 8.35. The molecule has 0 atom stereocenters. The molecule has 0 spiro atoms. The van der Waals surface area contributed by atoms with E-state index in [1.54, 1.807) is 42.5 Å². The molecule has 0 bridgehead atoms. The minimum absolute atomic E-state index is 0.265. The molecule has 29 heavy (non-hydrogen) atoms. The Bertz CT molecular complexity index is 1060. The summed E-state index contributed by atoms with van der Waals surface area (Å²) in [7, 11) is 0. The van der Waals surface area contributed by atoms with Crippen molar-refractivity contribution in [1.82, 2.24) is 0 Å². The van der Waals surface area contributed by atoms with Crippen LogP contribution in [-0.4, -0.2) is 29.2 Å². The van der Waals surface area contributed by atoms with Gasteiger partial charge in [0.15, 0.2) is 12.4 Å². The van der Waals surface area contributed by atoms with Gasteiger partial charge in [-0.2, -0.15) is 0 Å². The number of nitro groups is 1. The summed E-state index contributed by atoms with van der Waals surface area (Å²) in [4.78, 5) is 45.8. The van der Waals surface area contributed by atoms with Crippen molar-refractivity contribution in [2.24, 2.45) is 0 Å². The van der Waals surface area contributed by atoms with E-state index in [4.69, 9.17) is 9.15 Å². The van der Waals surface area contributed by atoms with E-state index in [9.17, 15) is 24.5 Å². The molecule has 1 N–H and O–H groups in total. The number of amides is 1. The molecule has 1 heterocycles. The number of carbonyl (C=O) groups excluding carboxylic acids is 3. The third-order valence-electron chi connectivity index (χ3n) is 3.81. The molecule has 0 fully saturated rings. The number of furan rings is 1. The first-order chi connectivity index (χ1) is 13.9. The number of ketones is 1. The van der Waals surface area contributed by atoms with E-state index in [-0.39, 0.29) is 17.2 Å². The molecule has 3 rings (SSSR count). The van der Waals surface area contributed by atoms with Gasteiger partial charge in [-0.1, -0.05) is 18.2 Å². The van der Waals surface area contributed by atoms with Crippen LogP contribution in [0.15, 0.2) is 71.1 Å². The lowest BCUT2D eigenvalue weighted by molar-refractivity contribution is -0.402. The predicted octanol–water partition coefficient (Wildman–Crippen LogP) is 3.48. The van der Waals surface area contributed by atoms with E-state index < -0.39 is 29.2 Å². The number of Topliss-reactive ketones (excluding diaryl/α,β-unsaturated/α-hetero) is 1. The molecule has 0 saturated heterocycles. The number of hydrogen-bond donors (Lipinski definition) is 1. The van der Waals surface area contributed by atoms with Crippen molar-refractivity contribution in [1.29, 1.82) is 0 Å². The average molecular weight is 394 g/mol. The van der Waals surface area contributed by atoms with Crippen LogP contribution in [-0.2, 0) is 4.74 Å². The lowest BCUT2D eigenvalue weighted by atomic mass is 10.1. The summed E-state index contributed by atoms with van der Waals surface area (Å²) in [6, 6.07) is 16.8. The van der Waals surface area contributed by atoms with Crippen molar-refractivity contribution < 1.29 is 28.5 Å². The molecular weight excluding hydrogens is 380 g/mol. The first kappa shape index (κ1) is 19.5. The summed E-state index contributed by atoms with van der Waals surface area (Å²) in [5.41, 5.74) is 1.26. The van der Waals surface area contributed by atoms with Crippen molar-refractivity contribution in [3.63, 3.8) is 0 Å². The van der Waals surface area contributed by atoms with Gasteiger partial charge >= 0.3 is 11.9 Å². The fourth-order valence-corrected chi connectivity index (χ4v) is 2.35. The van der Waals surface area contributed by atoms with Crippen molar-refractivity contribution in [2.45, 2.75) is 0 Å². The van der Waals surface area contributed by atoms with E-state index in [2.05, 4.69) is 5.32 Å². The van der Waals surface area contributed by atoms with Crippen LogP contribution < -0.4 is 5.32 Å². The standard InChI is InChI=1S/C20H14N2O7/c23-16(12-28-20(25)17-10-11-18(29-17)22(26)27)13-6-8-15(9-7-13)21-19(24)14-4-2-1-3-5-14/h1-11H,12H2,(H,21,24). The molecule has 2 aromatic carbocycles. The zero-order chi connectivity index (χ0) is 20.8. The SMILES string of the molecule is O=C(COC(=O)c1ccc([N+](=O)[O-])o1)c1ccc(NC(=O)c2ccccc2)cc1. The molecule has 0 unspecified atom stereocenters. The highest BCUT2D eigenvalue weighted by molar-refractivity contribution is 6.04. The van der Waals surface area contributed by atoms with Crippen LogP contribution in [0.3, 0.4) is 0 Å². The Hall–Kier alpha value is -4.27. The van der Waals surface area contributed by atoms with Gasteiger partial charge in [-0.25, -0.2) is 4.79 Å². The number of benzene rings is 2. The third kappa shape index (κ3) is 4.92. The number of esters is 1. The van der Waals surface area contributed by atoms with E-state index in [1.807, 2.05) is 0 Å². The lowest BCUT2D eigenvalue weighted by Crippen LogP contribution is -2.14. The number of carbonyl (C=O) groups is 3. The molecular formula is C20H14N2O7. The molecule has 0 aliphatic rings. The minimum Gasteiger partial charge on any atom is -0.451 e. The highest BCUT2D eigenvalue weighted by Crippen LogP contribution is 2.17. The summed E-state index contributed by atoms with van der Waals surface area (Å²) in [5.74, 6) is -2.73. The van der Waals surface area contributed by atoms with Crippen molar-refractivity contribution >= 4 is 29.2 Å². The average Bonchev–Trinajstić information content (AvgIpc) is 3.24. The second-order valence-electron chi connectivity index (χ2n) is 5.79. The van der Waals surface area contributed by atoms with Crippen LogP contribution in [0.25, 0.3) is 0 Å². The number of anilines is 1. The lowest BCUT2D eigenvalue weighted by Gasteiger charge is -2.07. The molecule has 0 saturated carbocycles. The highest BCUT2D eigenvalue weighted by atomic mass is 16.7. The van der Waals surface area contributed by atoms with Gasteiger partial charge < -0.3 is 14.5 Å². The van der Waals surface area contributed by atoms with Gasteiger partial charge in [0.1, 0.15) is 4.92 Å². The number of rotatable bonds is 7. The smallest absolute Gasteiger partial charge is 0.433 e. The Morgan fingerprint density at radius 3 is 2.24 bits per heavy atom.